The third-order valence-corrected chi connectivity index (χ3v) is 4.38. The van der Waals surface area contributed by atoms with E-state index in [1.807, 2.05) is 6.92 Å². The molecule has 0 aliphatic carbocycles. The molecule has 0 spiro atoms. The molecule has 1 N–H and O–H groups in total. The minimum atomic E-state index is -0.434. The van der Waals surface area contributed by atoms with Gasteiger partial charge < -0.3 is 10.1 Å². The van der Waals surface area contributed by atoms with E-state index >= 15 is 0 Å². The molecule has 1 heterocycles. The van der Waals surface area contributed by atoms with Crippen molar-refractivity contribution in [1.82, 2.24) is 20.1 Å². The van der Waals surface area contributed by atoms with Crippen LogP contribution in [0.2, 0.25) is 0 Å². The zero-order valence-electron chi connectivity index (χ0n) is 14.2. The van der Waals surface area contributed by atoms with Gasteiger partial charge in [0.25, 0.3) is 0 Å². The lowest BCUT2D eigenvalue weighted by Gasteiger charge is -2.12. The highest BCUT2D eigenvalue weighted by molar-refractivity contribution is 8.00. The van der Waals surface area contributed by atoms with Gasteiger partial charge in [-0.2, -0.15) is 0 Å². The molecule has 0 aliphatic heterocycles. The minimum absolute atomic E-state index is 0.0650. The number of thioether (sulfide) groups is 1. The maximum atomic E-state index is 13.6. The van der Waals surface area contributed by atoms with Crippen LogP contribution in [0, 0.1) is 5.82 Å². The highest BCUT2D eigenvalue weighted by atomic mass is 32.2. The van der Waals surface area contributed by atoms with Crippen molar-refractivity contribution >= 4 is 17.7 Å². The number of amides is 1. The predicted molar refractivity (Wildman–Crippen MR) is 95.0 cm³/mol. The molecule has 6 nitrogen and oxygen atoms in total. The second-order valence-electron chi connectivity index (χ2n) is 5.17. The van der Waals surface area contributed by atoms with E-state index in [1.54, 1.807) is 35.8 Å². The van der Waals surface area contributed by atoms with Crippen molar-refractivity contribution in [3.63, 3.8) is 0 Å². The molecule has 25 heavy (non-hydrogen) atoms. The zero-order chi connectivity index (χ0) is 18.2. The normalized spacial score (nSPS) is 11.8. The Kier molecular flexibility index (Phi) is 7.00. The fourth-order valence-electron chi connectivity index (χ4n) is 2.06. The summed E-state index contributed by atoms with van der Waals surface area (Å²) in [6, 6.07) is 6.18. The predicted octanol–water partition coefficient (Wildman–Crippen LogP) is 2.80. The Balaban J connectivity index is 2.11. The number of benzene rings is 1. The Bertz CT molecular complexity index is 735. The third kappa shape index (κ3) is 5.06. The maximum absolute atomic E-state index is 13.6. The van der Waals surface area contributed by atoms with E-state index in [0.29, 0.717) is 24.1 Å². The SMILES string of the molecule is C=CCn1c(COc2ccccc2F)nnc1SC(C)C(=O)NCC. The number of allylic oxidation sites excluding steroid dienone is 1. The highest BCUT2D eigenvalue weighted by Crippen LogP contribution is 2.23. The van der Waals surface area contributed by atoms with Crippen LogP contribution in [0.3, 0.4) is 0 Å². The number of ether oxygens (including phenoxy) is 1. The fourth-order valence-corrected chi connectivity index (χ4v) is 2.96. The number of hydrogen-bond donors (Lipinski definition) is 1. The van der Waals surface area contributed by atoms with Gasteiger partial charge in [0, 0.05) is 13.1 Å². The molecule has 2 rings (SSSR count). The number of carbonyl (C=O) groups excluding carboxylic acids is 1. The highest BCUT2D eigenvalue weighted by Gasteiger charge is 2.19. The van der Waals surface area contributed by atoms with Crippen LogP contribution in [0.4, 0.5) is 4.39 Å². The van der Waals surface area contributed by atoms with Crippen molar-refractivity contribution in [3.8, 4) is 5.75 Å². The molecule has 1 aromatic carbocycles. The molecule has 1 aromatic heterocycles. The number of para-hydroxylation sites is 1. The molecule has 134 valence electrons. The van der Waals surface area contributed by atoms with E-state index < -0.39 is 5.82 Å². The van der Waals surface area contributed by atoms with Crippen molar-refractivity contribution in [2.45, 2.75) is 37.4 Å². The Morgan fingerprint density at radius 1 is 1.48 bits per heavy atom. The number of halogens is 1. The topological polar surface area (TPSA) is 69.0 Å². The molecule has 0 aliphatic rings. The van der Waals surface area contributed by atoms with Crippen LogP contribution in [0.25, 0.3) is 0 Å². The van der Waals surface area contributed by atoms with E-state index in [-0.39, 0.29) is 23.5 Å². The van der Waals surface area contributed by atoms with Gasteiger partial charge in [0.05, 0.1) is 5.25 Å². The van der Waals surface area contributed by atoms with Crippen molar-refractivity contribution in [2.75, 3.05) is 6.54 Å². The van der Waals surface area contributed by atoms with Crippen LogP contribution in [-0.4, -0.2) is 32.5 Å². The van der Waals surface area contributed by atoms with Crippen LogP contribution in [-0.2, 0) is 17.9 Å². The zero-order valence-corrected chi connectivity index (χ0v) is 15.1. The monoisotopic (exact) mass is 364 g/mol. The smallest absolute Gasteiger partial charge is 0.233 e. The largest absolute Gasteiger partial charge is 0.483 e. The summed E-state index contributed by atoms with van der Waals surface area (Å²) in [5.41, 5.74) is 0. The van der Waals surface area contributed by atoms with E-state index in [2.05, 4.69) is 22.1 Å². The Morgan fingerprint density at radius 3 is 2.92 bits per heavy atom. The lowest BCUT2D eigenvalue weighted by molar-refractivity contribution is -0.120. The first-order chi connectivity index (χ1) is 12.1. The number of nitrogens with zero attached hydrogens (tertiary/aromatic N) is 3. The minimum Gasteiger partial charge on any atom is -0.483 e. The van der Waals surface area contributed by atoms with Gasteiger partial charge in [-0.25, -0.2) is 4.39 Å². The van der Waals surface area contributed by atoms with E-state index in [0.717, 1.165) is 0 Å². The lowest BCUT2D eigenvalue weighted by atomic mass is 10.3. The standard InChI is InChI=1S/C17H21FN4O2S/c1-4-10-22-15(11-24-14-9-7-6-8-13(14)18)20-21-17(22)25-12(3)16(23)19-5-2/h4,6-9,12H,1,5,10-11H2,2-3H3,(H,19,23). The average Bonchev–Trinajstić information content (AvgIpc) is 2.96. The summed E-state index contributed by atoms with van der Waals surface area (Å²) in [4.78, 5) is 11.9. The molecule has 0 saturated carbocycles. The van der Waals surface area contributed by atoms with Crippen molar-refractivity contribution < 1.29 is 13.9 Å². The second-order valence-corrected chi connectivity index (χ2v) is 6.48. The summed E-state index contributed by atoms with van der Waals surface area (Å²) in [6.07, 6.45) is 1.71. The van der Waals surface area contributed by atoms with Gasteiger partial charge in [-0.1, -0.05) is 30.0 Å². The van der Waals surface area contributed by atoms with Gasteiger partial charge in [-0.3, -0.25) is 9.36 Å². The number of nitrogens with one attached hydrogen (secondary N) is 1. The summed E-state index contributed by atoms with van der Waals surface area (Å²) in [7, 11) is 0. The third-order valence-electron chi connectivity index (χ3n) is 3.30. The average molecular weight is 364 g/mol. The van der Waals surface area contributed by atoms with Crippen LogP contribution in [0.5, 0.6) is 5.75 Å². The molecule has 1 atom stereocenters. The van der Waals surface area contributed by atoms with Crippen LogP contribution < -0.4 is 10.1 Å². The van der Waals surface area contributed by atoms with Crippen LogP contribution >= 0.6 is 11.8 Å². The van der Waals surface area contributed by atoms with Crippen molar-refractivity contribution in [3.05, 3.63) is 48.6 Å². The number of hydrogen-bond acceptors (Lipinski definition) is 5. The summed E-state index contributed by atoms with van der Waals surface area (Å²) < 4.78 is 20.9. The first-order valence-electron chi connectivity index (χ1n) is 7.91. The molecular weight excluding hydrogens is 343 g/mol. The van der Waals surface area contributed by atoms with E-state index in [9.17, 15) is 9.18 Å². The fraction of sp³-hybridized carbons (Fsp3) is 0.353. The number of aromatic nitrogens is 3. The Hall–Kier alpha value is -2.35. The van der Waals surface area contributed by atoms with Crippen LogP contribution in [0.15, 0.2) is 42.1 Å². The molecule has 1 amide bonds. The summed E-state index contributed by atoms with van der Waals surface area (Å²) in [6.45, 7) is 8.51. The number of rotatable bonds is 9. The Morgan fingerprint density at radius 2 is 2.24 bits per heavy atom. The molecule has 0 saturated heterocycles. The van der Waals surface area contributed by atoms with Crippen molar-refractivity contribution in [2.24, 2.45) is 0 Å². The van der Waals surface area contributed by atoms with Gasteiger partial charge in [0.1, 0.15) is 6.61 Å². The van der Waals surface area contributed by atoms with Crippen LogP contribution in [0.1, 0.15) is 19.7 Å². The maximum Gasteiger partial charge on any atom is 0.233 e. The number of carbonyl (C=O) groups is 1. The molecule has 0 bridgehead atoms. The van der Waals surface area contributed by atoms with Gasteiger partial charge in [-0.15, -0.1) is 16.8 Å². The molecule has 0 radical (unpaired) electrons. The molecule has 8 heteroatoms. The van der Waals surface area contributed by atoms with E-state index in [1.165, 1.54) is 17.8 Å². The van der Waals surface area contributed by atoms with Gasteiger partial charge >= 0.3 is 0 Å². The van der Waals surface area contributed by atoms with Gasteiger partial charge in [0.2, 0.25) is 5.91 Å². The first-order valence-corrected chi connectivity index (χ1v) is 8.79. The summed E-state index contributed by atoms with van der Waals surface area (Å²) >= 11 is 1.30. The molecular formula is C17H21FN4O2S. The molecule has 2 aromatic rings. The molecule has 1 unspecified atom stereocenters. The van der Waals surface area contributed by atoms with Gasteiger partial charge in [0.15, 0.2) is 22.5 Å². The summed E-state index contributed by atoms with van der Waals surface area (Å²) in [5, 5.41) is 11.3. The quantitative estimate of drug-likeness (QED) is 0.547. The summed E-state index contributed by atoms with van der Waals surface area (Å²) in [5.74, 6) is 0.191. The Labute approximate surface area is 150 Å². The van der Waals surface area contributed by atoms with Crippen molar-refractivity contribution in [1.29, 1.82) is 0 Å². The lowest BCUT2D eigenvalue weighted by Crippen LogP contribution is -2.30. The van der Waals surface area contributed by atoms with E-state index in [4.69, 9.17) is 4.74 Å². The second kappa shape index (κ2) is 9.22. The van der Waals surface area contributed by atoms with Gasteiger partial charge in [-0.05, 0) is 26.0 Å². The molecule has 0 fully saturated rings. The first kappa shape index (κ1) is 19.0.